The van der Waals surface area contributed by atoms with Crippen LogP contribution < -0.4 is 5.32 Å². The van der Waals surface area contributed by atoms with E-state index >= 15 is 0 Å². The van der Waals surface area contributed by atoms with E-state index in [0.29, 0.717) is 6.04 Å². The molecular weight excluding hydrogens is 164 g/mol. The summed E-state index contributed by atoms with van der Waals surface area (Å²) in [7, 11) is 1.86. The van der Waals surface area contributed by atoms with Gasteiger partial charge in [0.15, 0.2) is 0 Å². The molecule has 0 aromatic rings. The van der Waals surface area contributed by atoms with Crippen LogP contribution in [0.2, 0.25) is 0 Å². The highest BCUT2D eigenvalue weighted by molar-refractivity contribution is 5.74. The number of carbonyl (C=O) groups is 1. The van der Waals surface area contributed by atoms with Crippen molar-refractivity contribution in [1.82, 2.24) is 10.2 Å². The lowest BCUT2D eigenvalue weighted by Crippen LogP contribution is -2.46. The fourth-order valence-electron chi connectivity index (χ4n) is 1.33. The largest absolute Gasteiger partial charge is 0.335 e. The minimum atomic E-state index is 0.0955. The number of hydrogen-bond acceptors (Lipinski definition) is 1. The lowest BCUT2D eigenvalue weighted by molar-refractivity contribution is 0.196. The van der Waals surface area contributed by atoms with E-state index in [2.05, 4.69) is 12.2 Å². The third kappa shape index (κ3) is 3.25. The van der Waals surface area contributed by atoms with Gasteiger partial charge in [-0.1, -0.05) is 13.3 Å². The fraction of sp³-hybridized carbons (Fsp3) is 0.900. The highest BCUT2D eigenvalue weighted by atomic mass is 16.2. The number of hydrogen-bond donors (Lipinski definition) is 1. The molecule has 0 unspecified atom stereocenters. The molecule has 2 amide bonds. The van der Waals surface area contributed by atoms with Crippen molar-refractivity contribution in [3.63, 3.8) is 0 Å². The van der Waals surface area contributed by atoms with Crippen LogP contribution in [0.15, 0.2) is 0 Å². The number of rotatable bonds is 4. The van der Waals surface area contributed by atoms with E-state index in [-0.39, 0.29) is 6.03 Å². The first kappa shape index (κ1) is 10.4. The molecule has 0 aromatic heterocycles. The van der Waals surface area contributed by atoms with Crippen LogP contribution in [-0.4, -0.2) is 30.6 Å². The summed E-state index contributed by atoms with van der Waals surface area (Å²) in [4.78, 5) is 13.2. The molecule has 1 rings (SSSR count). The molecule has 0 atom stereocenters. The van der Waals surface area contributed by atoms with Gasteiger partial charge < -0.3 is 10.2 Å². The van der Waals surface area contributed by atoms with Gasteiger partial charge in [0.1, 0.15) is 0 Å². The molecule has 1 aliphatic carbocycles. The quantitative estimate of drug-likeness (QED) is 0.712. The second-order valence-corrected chi connectivity index (χ2v) is 3.85. The summed E-state index contributed by atoms with van der Waals surface area (Å²) in [6.45, 7) is 3.01. The van der Waals surface area contributed by atoms with Crippen LogP contribution in [0, 0.1) is 0 Å². The van der Waals surface area contributed by atoms with Crippen LogP contribution in [0.5, 0.6) is 0 Å². The monoisotopic (exact) mass is 184 g/mol. The molecule has 0 spiro atoms. The van der Waals surface area contributed by atoms with Crippen molar-refractivity contribution in [2.24, 2.45) is 0 Å². The number of amides is 2. The predicted octanol–water partition coefficient (Wildman–Crippen LogP) is 1.98. The summed E-state index contributed by atoms with van der Waals surface area (Å²) in [5.74, 6) is 0. The van der Waals surface area contributed by atoms with Crippen molar-refractivity contribution in [1.29, 1.82) is 0 Å². The van der Waals surface area contributed by atoms with Crippen LogP contribution >= 0.6 is 0 Å². The van der Waals surface area contributed by atoms with Gasteiger partial charge >= 0.3 is 6.03 Å². The highest BCUT2D eigenvalue weighted by Gasteiger charge is 2.20. The predicted molar refractivity (Wildman–Crippen MR) is 53.7 cm³/mol. The van der Waals surface area contributed by atoms with E-state index in [4.69, 9.17) is 0 Å². The number of nitrogens with one attached hydrogen (secondary N) is 1. The van der Waals surface area contributed by atoms with Crippen LogP contribution in [0.4, 0.5) is 4.79 Å². The maximum Gasteiger partial charge on any atom is 0.317 e. The van der Waals surface area contributed by atoms with Crippen LogP contribution in [0.1, 0.15) is 39.0 Å². The molecule has 3 heteroatoms. The molecule has 1 fully saturated rings. The molecule has 13 heavy (non-hydrogen) atoms. The second kappa shape index (κ2) is 5.10. The molecule has 0 aliphatic heterocycles. The maximum absolute atomic E-state index is 11.5. The van der Waals surface area contributed by atoms with Gasteiger partial charge in [0, 0.05) is 19.6 Å². The Bertz CT molecular complexity index is 166. The van der Waals surface area contributed by atoms with E-state index in [9.17, 15) is 4.79 Å². The average molecular weight is 184 g/mol. The molecule has 0 heterocycles. The van der Waals surface area contributed by atoms with Gasteiger partial charge in [-0.25, -0.2) is 4.79 Å². The number of unbranched alkanes of at least 4 members (excludes halogenated alkanes) is 1. The summed E-state index contributed by atoms with van der Waals surface area (Å²) in [5, 5.41) is 3.01. The summed E-state index contributed by atoms with van der Waals surface area (Å²) in [6.07, 6.45) is 5.82. The summed E-state index contributed by atoms with van der Waals surface area (Å²) < 4.78 is 0. The topological polar surface area (TPSA) is 32.3 Å². The first-order valence-corrected chi connectivity index (χ1v) is 5.25. The van der Waals surface area contributed by atoms with Gasteiger partial charge in [0.25, 0.3) is 0 Å². The third-order valence-corrected chi connectivity index (χ3v) is 2.63. The van der Waals surface area contributed by atoms with Crippen molar-refractivity contribution in [3.05, 3.63) is 0 Å². The van der Waals surface area contributed by atoms with Gasteiger partial charge in [-0.3, -0.25) is 0 Å². The van der Waals surface area contributed by atoms with Gasteiger partial charge in [-0.15, -0.1) is 0 Å². The Morgan fingerprint density at radius 3 is 2.69 bits per heavy atom. The van der Waals surface area contributed by atoms with E-state index in [0.717, 1.165) is 32.2 Å². The summed E-state index contributed by atoms with van der Waals surface area (Å²) >= 11 is 0. The zero-order valence-corrected chi connectivity index (χ0v) is 8.68. The Morgan fingerprint density at radius 2 is 2.23 bits per heavy atom. The van der Waals surface area contributed by atoms with Gasteiger partial charge in [-0.2, -0.15) is 0 Å². The molecule has 3 nitrogen and oxygen atoms in total. The maximum atomic E-state index is 11.5. The number of carbonyl (C=O) groups excluding carboxylic acids is 1. The van der Waals surface area contributed by atoms with Crippen LogP contribution in [0.25, 0.3) is 0 Å². The highest BCUT2D eigenvalue weighted by Crippen LogP contribution is 2.18. The normalized spacial score (nSPS) is 16.5. The summed E-state index contributed by atoms with van der Waals surface area (Å²) in [6, 6.07) is 0.551. The van der Waals surface area contributed by atoms with Gasteiger partial charge in [0.05, 0.1) is 0 Å². The third-order valence-electron chi connectivity index (χ3n) is 2.63. The van der Waals surface area contributed by atoms with E-state index < -0.39 is 0 Å². The standard InChI is InChI=1S/C10H20N2O/c1-3-4-8-12(2)10(13)11-9-6-5-7-9/h9H,3-8H2,1-2H3,(H,11,13). The SMILES string of the molecule is CCCCN(C)C(=O)NC1CCC1. The van der Waals surface area contributed by atoms with Crippen molar-refractivity contribution in [2.75, 3.05) is 13.6 Å². The number of urea groups is 1. The molecule has 0 bridgehead atoms. The molecule has 0 radical (unpaired) electrons. The Morgan fingerprint density at radius 1 is 1.54 bits per heavy atom. The molecule has 1 saturated carbocycles. The molecular formula is C10H20N2O. The van der Waals surface area contributed by atoms with Gasteiger partial charge in [0.2, 0.25) is 0 Å². The number of nitrogens with zero attached hydrogens (tertiary/aromatic N) is 1. The molecule has 76 valence electrons. The second-order valence-electron chi connectivity index (χ2n) is 3.85. The minimum absolute atomic E-state index is 0.0955. The lowest BCUT2D eigenvalue weighted by Gasteiger charge is -2.29. The Balaban J connectivity index is 2.13. The lowest BCUT2D eigenvalue weighted by atomic mass is 9.93. The first-order chi connectivity index (χ1) is 6.24. The van der Waals surface area contributed by atoms with E-state index in [1.165, 1.54) is 6.42 Å². The van der Waals surface area contributed by atoms with Crippen molar-refractivity contribution in [2.45, 2.75) is 45.1 Å². The smallest absolute Gasteiger partial charge is 0.317 e. The Labute approximate surface area is 80.5 Å². The van der Waals surface area contributed by atoms with E-state index in [1.807, 2.05) is 7.05 Å². The average Bonchev–Trinajstić information content (AvgIpc) is 2.06. The van der Waals surface area contributed by atoms with Gasteiger partial charge in [-0.05, 0) is 25.7 Å². The zero-order valence-electron chi connectivity index (χ0n) is 8.68. The molecule has 1 N–H and O–H groups in total. The van der Waals surface area contributed by atoms with E-state index in [1.54, 1.807) is 4.90 Å². The Kier molecular flexibility index (Phi) is 4.06. The van der Waals surface area contributed by atoms with Crippen molar-refractivity contribution in [3.8, 4) is 0 Å². The molecule has 0 saturated heterocycles. The first-order valence-electron chi connectivity index (χ1n) is 5.25. The zero-order chi connectivity index (χ0) is 9.68. The Hall–Kier alpha value is -0.730. The van der Waals surface area contributed by atoms with Crippen LogP contribution in [-0.2, 0) is 0 Å². The van der Waals surface area contributed by atoms with Crippen LogP contribution in [0.3, 0.4) is 0 Å². The molecule has 1 aliphatic rings. The fourth-order valence-corrected chi connectivity index (χ4v) is 1.33. The van der Waals surface area contributed by atoms with Crippen molar-refractivity contribution < 1.29 is 4.79 Å². The summed E-state index contributed by atoms with van der Waals surface area (Å²) in [5.41, 5.74) is 0. The van der Waals surface area contributed by atoms with Crippen molar-refractivity contribution >= 4 is 6.03 Å². The molecule has 0 aromatic carbocycles. The minimum Gasteiger partial charge on any atom is -0.335 e.